The third-order valence-corrected chi connectivity index (χ3v) is 7.24. The van der Waals surface area contributed by atoms with Crippen LogP contribution in [0.15, 0.2) is 70.5 Å². The van der Waals surface area contributed by atoms with Crippen LogP contribution in [0.5, 0.6) is 0 Å². The highest BCUT2D eigenvalue weighted by Gasteiger charge is 2.35. The van der Waals surface area contributed by atoms with Crippen LogP contribution in [-0.4, -0.2) is 32.2 Å². The van der Waals surface area contributed by atoms with Crippen molar-refractivity contribution in [3.63, 3.8) is 0 Å². The molecule has 0 saturated carbocycles. The Morgan fingerprint density at radius 2 is 1.55 bits per heavy atom. The van der Waals surface area contributed by atoms with Crippen LogP contribution < -0.4 is 5.32 Å². The second-order valence-corrected chi connectivity index (χ2v) is 9.99. The van der Waals surface area contributed by atoms with Gasteiger partial charge in [0, 0.05) is 26.9 Å². The first kappa shape index (κ1) is 23.0. The van der Waals surface area contributed by atoms with E-state index in [2.05, 4.69) is 5.32 Å². The summed E-state index contributed by atoms with van der Waals surface area (Å²) in [5, 5.41) is 3.16. The molecule has 1 atom stereocenters. The summed E-state index contributed by atoms with van der Waals surface area (Å²) in [5.74, 6) is -2.02. The molecule has 168 valence electrons. The SMILES string of the molecule is C[C@H](OC(=O)c1ccc2c(c1)S(=O)(=O)c1ccccc1C2=O)C(=O)Nc1cc(Cl)cc(Cl)c1. The number of fused-ring (bicyclic) bond motifs is 2. The number of hydrogen-bond donors (Lipinski definition) is 1. The number of benzene rings is 3. The van der Waals surface area contributed by atoms with Crippen LogP contribution >= 0.6 is 23.2 Å². The number of nitrogens with one attached hydrogen (secondary N) is 1. The fraction of sp³-hybridized carbons (Fsp3) is 0.0870. The maximum Gasteiger partial charge on any atom is 0.338 e. The van der Waals surface area contributed by atoms with Crippen molar-refractivity contribution in [2.75, 3.05) is 5.32 Å². The van der Waals surface area contributed by atoms with Crippen molar-refractivity contribution < 1.29 is 27.5 Å². The van der Waals surface area contributed by atoms with Crippen molar-refractivity contribution in [2.45, 2.75) is 22.8 Å². The van der Waals surface area contributed by atoms with Crippen LogP contribution in [0.1, 0.15) is 33.2 Å². The number of carbonyl (C=O) groups is 3. The molecule has 3 aromatic carbocycles. The maximum absolute atomic E-state index is 13.0. The van der Waals surface area contributed by atoms with Gasteiger partial charge in [-0.2, -0.15) is 0 Å². The summed E-state index contributed by atoms with van der Waals surface area (Å²) in [6, 6.07) is 13.9. The number of esters is 1. The quantitative estimate of drug-likeness (QED) is 0.409. The van der Waals surface area contributed by atoms with Gasteiger partial charge < -0.3 is 10.1 Å². The third kappa shape index (κ3) is 4.37. The van der Waals surface area contributed by atoms with E-state index in [0.717, 1.165) is 6.07 Å². The van der Waals surface area contributed by atoms with Crippen molar-refractivity contribution in [2.24, 2.45) is 0 Å². The maximum atomic E-state index is 13.0. The largest absolute Gasteiger partial charge is 0.449 e. The molecule has 0 saturated heterocycles. The molecule has 7 nitrogen and oxygen atoms in total. The van der Waals surface area contributed by atoms with E-state index in [9.17, 15) is 22.8 Å². The van der Waals surface area contributed by atoms with E-state index >= 15 is 0 Å². The molecule has 1 aliphatic rings. The standard InChI is InChI=1S/C23H15Cl2NO6S/c1-12(22(28)26-16-10-14(24)9-15(25)11-16)32-23(29)13-6-7-18-20(8-13)33(30,31)19-5-3-2-4-17(19)21(18)27/h2-12H,1H3,(H,26,28)/t12-/m0/s1. The predicted molar refractivity (Wildman–Crippen MR) is 122 cm³/mol. The summed E-state index contributed by atoms with van der Waals surface area (Å²) in [4.78, 5) is 37.3. The highest BCUT2D eigenvalue weighted by molar-refractivity contribution is 7.91. The van der Waals surface area contributed by atoms with E-state index in [0.29, 0.717) is 15.7 Å². The van der Waals surface area contributed by atoms with Gasteiger partial charge >= 0.3 is 5.97 Å². The van der Waals surface area contributed by atoms with Crippen molar-refractivity contribution in [3.8, 4) is 0 Å². The topological polar surface area (TPSA) is 107 Å². The fourth-order valence-electron chi connectivity index (χ4n) is 3.36. The molecular weight excluding hydrogens is 489 g/mol. The lowest BCUT2D eigenvalue weighted by Crippen LogP contribution is -2.30. The second-order valence-electron chi connectivity index (χ2n) is 7.23. The van der Waals surface area contributed by atoms with Crippen LogP contribution in [0.25, 0.3) is 0 Å². The number of anilines is 1. The van der Waals surface area contributed by atoms with Gasteiger partial charge in [-0.3, -0.25) is 9.59 Å². The molecule has 1 N–H and O–H groups in total. The Kier molecular flexibility index (Phi) is 6.00. The Hall–Kier alpha value is -3.20. The summed E-state index contributed by atoms with van der Waals surface area (Å²) in [5.41, 5.74) is 0.244. The van der Waals surface area contributed by atoms with Gasteiger partial charge in [0.15, 0.2) is 11.9 Å². The summed E-state index contributed by atoms with van der Waals surface area (Å²) >= 11 is 11.8. The molecule has 0 unspecified atom stereocenters. The molecule has 0 fully saturated rings. The van der Waals surface area contributed by atoms with Crippen LogP contribution in [0.3, 0.4) is 0 Å². The molecule has 3 aromatic rings. The van der Waals surface area contributed by atoms with E-state index in [4.69, 9.17) is 27.9 Å². The Labute approximate surface area is 199 Å². The Morgan fingerprint density at radius 1 is 0.909 bits per heavy atom. The number of hydrogen-bond acceptors (Lipinski definition) is 6. The van der Waals surface area contributed by atoms with Gasteiger partial charge in [-0.1, -0.05) is 35.3 Å². The summed E-state index contributed by atoms with van der Waals surface area (Å²) in [7, 11) is -4.02. The number of ketones is 1. The molecule has 1 amide bonds. The Bertz CT molecular complexity index is 1410. The molecule has 1 aliphatic heterocycles. The first-order valence-corrected chi connectivity index (χ1v) is 11.8. The normalized spacial score (nSPS) is 14.6. The highest BCUT2D eigenvalue weighted by Crippen LogP contribution is 2.35. The summed E-state index contributed by atoms with van der Waals surface area (Å²) in [6.45, 7) is 1.36. The number of halogens is 2. The van der Waals surface area contributed by atoms with E-state index in [1.54, 1.807) is 6.07 Å². The minimum absolute atomic E-state index is 0.0334. The Morgan fingerprint density at radius 3 is 2.24 bits per heavy atom. The third-order valence-electron chi connectivity index (χ3n) is 4.96. The lowest BCUT2D eigenvalue weighted by atomic mass is 10.0. The molecule has 1 heterocycles. The molecule has 10 heteroatoms. The first-order valence-electron chi connectivity index (χ1n) is 9.59. The zero-order valence-corrected chi connectivity index (χ0v) is 19.3. The highest BCUT2D eigenvalue weighted by atomic mass is 35.5. The van der Waals surface area contributed by atoms with Crippen LogP contribution in [0.2, 0.25) is 10.0 Å². The van der Waals surface area contributed by atoms with Gasteiger partial charge in [0.2, 0.25) is 9.84 Å². The van der Waals surface area contributed by atoms with E-state index in [1.165, 1.54) is 55.5 Å². The number of amides is 1. The number of sulfone groups is 1. The van der Waals surface area contributed by atoms with Crippen LogP contribution in [-0.2, 0) is 19.4 Å². The van der Waals surface area contributed by atoms with Crippen LogP contribution in [0.4, 0.5) is 5.69 Å². The van der Waals surface area contributed by atoms with Crippen molar-refractivity contribution >= 4 is 56.4 Å². The van der Waals surface area contributed by atoms with Crippen molar-refractivity contribution in [1.29, 1.82) is 0 Å². The molecular formula is C23H15Cl2NO6S. The molecule has 0 bridgehead atoms. The zero-order chi connectivity index (χ0) is 23.9. The van der Waals surface area contributed by atoms with Gasteiger partial charge in [-0.15, -0.1) is 0 Å². The lowest BCUT2D eigenvalue weighted by molar-refractivity contribution is -0.123. The van der Waals surface area contributed by atoms with E-state index in [-0.39, 0.29) is 26.5 Å². The smallest absolute Gasteiger partial charge is 0.338 e. The van der Waals surface area contributed by atoms with Gasteiger partial charge in [0.05, 0.1) is 15.4 Å². The molecule has 0 aliphatic carbocycles. The second kappa shape index (κ2) is 8.62. The number of ether oxygens (including phenoxy) is 1. The summed E-state index contributed by atoms with van der Waals surface area (Å²) in [6.07, 6.45) is -1.22. The van der Waals surface area contributed by atoms with E-state index < -0.39 is 33.6 Å². The average Bonchev–Trinajstić information content (AvgIpc) is 2.76. The zero-order valence-electron chi connectivity index (χ0n) is 17.0. The van der Waals surface area contributed by atoms with E-state index in [1.807, 2.05) is 0 Å². The fourth-order valence-corrected chi connectivity index (χ4v) is 5.57. The molecule has 33 heavy (non-hydrogen) atoms. The minimum atomic E-state index is -4.02. The summed E-state index contributed by atoms with van der Waals surface area (Å²) < 4.78 is 31.2. The molecule has 0 aromatic heterocycles. The van der Waals surface area contributed by atoms with Gasteiger partial charge in [-0.05, 0) is 55.5 Å². The van der Waals surface area contributed by atoms with Crippen LogP contribution in [0, 0.1) is 0 Å². The first-order chi connectivity index (χ1) is 15.6. The molecule has 0 spiro atoms. The minimum Gasteiger partial charge on any atom is -0.449 e. The molecule has 4 rings (SSSR count). The van der Waals surface area contributed by atoms with Gasteiger partial charge in [-0.25, -0.2) is 13.2 Å². The predicted octanol–water partition coefficient (Wildman–Crippen LogP) is 4.55. The Balaban J connectivity index is 1.56. The average molecular weight is 504 g/mol. The van der Waals surface area contributed by atoms with Crippen molar-refractivity contribution in [1.82, 2.24) is 0 Å². The van der Waals surface area contributed by atoms with Crippen molar-refractivity contribution in [3.05, 3.63) is 87.4 Å². The lowest BCUT2D eigenvalue weighted by Gasteiger charge is -2.19. The van der Waals surface area contributed by atoms with Gasteiger partial charge in [0.1, 0.15) is 0 Å². The number of rotatable bonds is 4. The number of carbonyl (C=O) groups excluding carboxylic acids is 3. The van der Waals surface area contributed by atoms with Gasteiger partial charge in [0.25, 0.3) is 5.91 Å². The monoisotopic (exact) mass is 503 g/mol. The molecule has 0 radical (unpaired) electrons.